The number of benzene rings is 1. The molecule has 0 saturated carbocycles. The molecule has 1 atom stereocenters. The van der Waals surface area contributed by atoms with Crippen molar-refractivity contribution >= 4 is 0 Å². The number of hydrogen-bond acceptors (Lipinski definition) is 2. The van der Waals surface area contributed by atoms with Gasteiger partial charge in [-0.15, -0.1) is 0 Å². The highest BCUT2D eigenvalue weighted by molar-refractivity contribution is 5.36. The molecule has 0 aliphatic heterocycles. The molecule has 0 heterocycles. The fourth-order valence-corrected chi connectivity index (χ4v) is 2.72. The summed E-state index contributed by atoms with van der Waals surface area (Å²) in [7, 11) is 3.45. The maximum atomic E-state index is 13.5. The number of methoxy groups -OCH3 is 1. The fourth-order valence-electron chi connectivity index (χ4n) is 2.72. The zero-order valence-corrected chi connectivity index (χ0v) is 11.7. The molecule has 1 aliphatic rings. The van der Waals surface area contributed by atoms with Gasteiger partial charge in [0, 0.05) is 0 Å². The molecule has 0 fully saturated rings. The normalized spacial score (nSPS) is 17.5. The molecule has 1 aliphatic carbocycles. The summed E-state index contributed by atoms with van der Waals surface area (Å²) in [5.74, 6) is 0.00270. The van der Waals surface area contributed by atoms with E-state index in [9.17, 15) is 4.39 Å². The third-order valence-electron chi connectivity index (χ3n) is 3.74. The van der Waals surface area contributed by atoms with Crippen LogP contribution in [0.5, 0.6) is 5.75 Å². The van der Waals surface area contributed by atoms with E-state index in [1.807, 2.05) is 13.1 Å². The lowest BCUT2D eigenvalue weighted by Gasteiger charge is -2.21. The molecule has 1 aromatic carbocycles. The Morgan fingerprint density at radius 1 is 1.26 bits per heavy atom. The van der Waals surface area contributed by atoms with Gasteiger partial charge in [-0.05, 0) is 50.4 Å². The van der Waals surface area contributed by atoms with Crippen LogP contribution in [0, 0.1) is 5.82 Å². The van der Waals surface area contributed by atoms with Crippen molar-refractivity contribution in [2.75, 3.05) is 14.2 Å². The first-order valence-corrected chi connectivity index (χ1v) is 6.96. The number of likely N-dealkylation sites (N-methyl/N-ethyl adjacent to an activating group) is 1. The zero-order chi connectivity index (χ0) is 13.7. The average Bonchev–Trinajstić information content (AvgIpc) is 2.70. The summed E-state index contributed by atoms with van der Waals surface area (Å²) >= 11 is 0. The lowest BCUT2D eigenvalue weighted by molar-refractivity contribution is 0.385. The Hall–Kier alpha value is -1.35. The van der Waals surface area contributed by atoms with Gasteiger partial charge in [-0.3, -0.25) is 0 Å². The molecule has 1 N–H and O–H groups in total. The molecule has 0 amide bonds. The summed E-state index contributed by atoms with van der Waals surface area (Å²) in [4.78, 5) is 0. The Bertz CT molecular complexity index is 456. The Morgan fingerprint density at radius 2 is 2.11 bits per heavy atom. The predicted octanol–water partition coefficient (Wildman–Crippen LogP) is 3.99. The van der Waals surface area contributed by atoms with Crippen LogP contribution in [0.25, 0.3) is 0 Å². The second kappa shape index (κ2) is 6.71. The molecule has 2 nitrogen and oxygen atoms in total. The van der Waals surface area contributed by atoms with E-state index in [-0.39, 0.29) is 11.9 Å². The van der Waals surface area contributed by atoms with E-state index in [0.29, 0.717) is 5.75 Å². The van der Waals surface area contributed by atoms with Gasteiger partial charge in [0.1, 0.15) is 0 Å². The SMILES string of the molecule is CNC(C1=CCCCCC1)c1ccc(F)c(OC)c1. The quantitative estimate of drug-likeness (QED) is 0.829. The molecule has 3 heteroatoms. The van der Waals surface area contributed by atoms with Crippen LogP contribution in [-0.2, 0) is 0 Å². The van der Waals surface area contributed by atoms with Crippen LogP contribution in [0.1, 0.15) is 43.7 Å². The summed E-state index contributed by atoms with van der Waals surface area (Å²) in [6.07, 6.45) is 8.40. The number of hydrogen-bond donors (Lipinski definition) is 1. The van der Waals surface area contributed by atoms with Crippen molar-refractivity contribution in [3.8, 4) is 5.75 Å². The highest BCUT2D eigenvalue weighted by Gasteiger charge is 2.17. The minimum Gasteiger partial charge on any atom is -0.494 e. The minimum atomic E-state index is -0.309. The van der Waals surface area contributed by atoms with Crippen LogP contribution < -0.4 is 10.1 Å². The molecule has 0 bridgehead atoms. The second-order valence-corrected chi connectivity index (χ2v) is 4.99. The van der Waals surface area contributed by atoms with E-state index >= 15 is 0 Å². The molecule has 0 spiro atoms. The first-order valence-electron chi connectivity index (χ1n) is 6.96. The predicted molar refractivity (Wildman–Crippen MR) is 75.9 cm³/mol. The van der Waals surface area contributed by atoms with E-state index in [1.165, 1.54) is 38.0 Å². The smallest absolute Gasteiger partial charge is 0.165 e. The van der Waals surface area contributed by atoms with Crippen molar-refractivity contribution < 1.29 is 9.13 Å². The number of allylic oxidation sites excluding steroid dienone is 1. The third kappa shape index (κ3) is 3.35. The monoisotopic (exact) mass is 263 g/mol. The largest absolute Gasteiger partial charge is 0.494 e. The van der Waals surface area contributed by atoms with Crippen molar-refractivity contribution in [2.45, 2.75) is 38.1 Å². The highest BCUT2D eigenvalue weighted by Crippen LogP contribution is 2.31. The fraction of sp³-hybridized carbons (Fsp3) is 0.500. The molecule has 2 rings (SSSR count). The van der Waals surface area contributed by atoms with Gasteiger partial charge in [-0.2, -0.15) is 0 Å². The van der Waals surface area contributed by atoms with Crippen LogP contribution in [0.15, 0.2) is 29.8 Å². The third-order valence-corrected chi connectivity index (χ3v) is 3.74. The van der Waals surface area contributed by atoms with Gasteiger partial charge in [-0.25, -0.2) is 4.39 Å². The average molecular weight is 263 g/mol. The number of rotatable bonds is 4. The molecule has 0 saturated heterocycles. The van der Waals surface area contributed by atoms with Gasteiger partial charge in [0.2, 0.25) is 0 Å². The van der Waals surface area contributed by atoms with Crippen LogP contribution in [0.2, 0.25) is 0 Å². The summed E-state index contributed by atoms with van der Waals surface area (Å²) in [5, 5.41) is 3.34. The number of nitrogens with one attached hydrogen (secondary N) is 1. The van der Waals surface area contributed by atoms with Gasteiger partial charge in [0.15, 0.2) is 11.6 Å². The Kier molecular flexibility index (Phi) is 4.97. The summed E-state index contributed by atoms with van der Waals surface area (Å²) in [6.45, 7) is 0. The van der Waals surface area contributed by atoms with Crippen molar-refractivity contribution in [1.29, 1.82) is 0 Å². The van der Waals surface area contributed by atoms with Gasteiger partial charge in [0.05, 0.1) is 13.2 Å². The van der Waals surface area contributed by atoms with Crippen LogP contribution >= 0.6 is 0 Å². The lowest BCUT2D eigenvalue weighted by atomic mass is 9.95. The summed E-state index contributed by atoms with van der Waals surface area (Å²) in [6, 6.07) is 5.27. The van der Waals surface area contributed by atoms with Gasteiger partial charge in [0.25, 0.3) is 0 Å². The molecule has 19 heavy (non-hydrogen) atoms. The Morgan fingerprint density at radius 3 is 2.84 bits per heavy atom. The second-order valence-electron chi connectivity index (χ2n) is 4.99. The first-order chi connectivity index (χ1) is 9.26. The van der Waals surface area contributed by atoms with Crippen molar-refractivity contribution in [3.05, 3.63) is 41.2 Å². The van der Waals surface area contributed by atoms with Crippen molar-refractivity contribution in [3.63, 3.8) is 0 Å². The van der Waals surface area contributed by atoms with E-state index in [1.54, 1.807) is 6.07 Å². The van der Waals surface area contributed by atoms with Crippen LogP contribution in [0.3, 0.4) is 0 Å². The number of halogens is 1. The molecular formula is C16H22FNO. The Labute approximate surface area is 114 Å². The first kappa shape index (κ1) is 14.1. The molecule has 0 aromatic heterocycles. The molecular weight excluding hydrogens is 241 g/mol. The van der Waals surface area contributed by atoms with Crippen molar-refractivity contribution in [1.82, 2.24) is 5.32 Å². The molecule has 1 unspecified atom stereocenters. The molecule has 0 radical (unpaired) electrons. The van der Waals surface area contributed by atoms with Crippen LogP contribution in [0.4, 0.5) is 4.39 Å². The van der Waals surface area contributed by atoms with E-state index in [4.69, 9.17) is 4.74 Å². The van der Waals surface area contributed by atoms with E-state index in [0.717, 1.165) is 18.4 Å². The summed E-state index contributed by atoms with van der Waals surface area (Å²) < 4.78 is 18.6. The topological polar surface area (TPSA) is 21.3 Å². The summed E-state index contributed by atoms with van der Waals surface area (Å²) in [5.41, 5.74) is 2.47. The zero-order valence-electron chi connectivity index (χ0n) is 11.7. The maximum Gasteiger partial charge on any atom is 0.165 e. The molecule has 1 aromatic rings. The van der Waals surface area contributed by atoms with Gasteiger partial charge < -0.3 is 10.1 Å². The standard InChI is InChI=1S/C16H22FNO/c1-18-16(12-7-5-3-4-6-8-12)13-9-10-14(17)15(11-13)19-2/h7,9-11,16,18H,3-6,8H2,1-2H3. The van der Waals surface area contributed by atoms with Crippen molar-refractivity contribution in [2.24, 2.45) is 0 Å². The highest BCUT2D eigenvalue weighted by atomic mass is 19.1. The lowest BCUT2D eigenvalue weighted by Crippen LogP contribution is -2.19. The number of ether oxygens (including phenoxy) is 1. The minimum absolute atomic E-state index is 0.160. The Balaban J connectivity index is 2.28. The van der Waals surface area contributed by atoms with Crippen LogP contribution in [-0.4, -0.2) is 14.2 Å². The van der Waals surface area contributed by atoms with Gasteiger partial charge in [-0.1, -0.05) is 24.1 Å². The molecule has 104 valence electrons. The van der Waals surface area contributed by atoms with E-state index < -0.39 is 0 Å². The maximum absolute atomic E-state index is 13.5. The van der Waals surface area contributed by atoms with E-state index in [2.05, 4.69) is 11.4 Å². The van der Waals surface area contributed by atoms with Gasteiger partial charge >= 0.3 is 0 Å².